The van der Waals surface area contributed by atoms with Crippen LogP contribution in [0.25, 0.3) is 0 Å². The van der Waals surface area contributed by atoms with Crippen molar-refractivity contribution in [3.8, 4) is 0 Å². The molecular weight excluding hydrogens is 327 g/mol. The lowest BCUT2D eigenvalue weighted by molar-refractivity contribution is 0.0484. The van der Waals surface area contributed by atoms with Gasteiger partial charge in [0.25, 0.3) is 0 Å². The van der Waals surface area contributed by atoms with E-state index in [1.54, 1.807) is 17.0 Å². The summed E-state index contributed by atoms with van der Waals surface area (Å²) in [5.41, 5.74) is 1.90. The van der Waals surface area contributed by atoms with E-state index in [4.69, 9.17) is 27.9 Å². The molecule has 2 amide bonds. The molecule has 0 aromatic heterocycles. The molecule has 1 aromatic carbocycles. The zero-order chi connectivity index (χ0) is 15.9. The fourth-order valence-electron chi connectivity index (χ4n) is 2.54. The zero-order valence-corrected chi connectivity index (χ0v) is 13.6. The summed E-state index contributed by atoms with van der Waals surface area (Å²) >= 11 is 11.8. The number of alkyl halides is 2. The lowest BCUT2D eigenvalue weighted by atomic mass is 10.1. The number of halogens is 2. The number of hydrogen-bond acceptors (Lipinski definition) is 3. The molecule has 2 aliphatic rings. The molecule has 2 fully saturated rings. The van der Waals surface area contributed by atoms with E-state index in [2.05, 4.69) is 5.32 Å². The van der Waals surface area contributed by atoms with Gasteiger partial charge in [0.2, 0.25) is 0 Å². The first-order valence-corrected chi connectivity index (χ1v) is 7.85. The Balaban J connectivity index is 1.73. The van der Waals surface area contributed by atoms with Gasteiger partial charge in [0.15, 0.2) is 0 Å². The number of carbonyl (C=O) groups excluding carboxylic acids is 2. The Morgan fingerprint density at radius 2 is 2.23 bits per heavy atom. The van der Waals surface area contributed by atoms with E-state index in [-0.39, 0.29) is 18.6 Å². The maximum atomic E-state index is 12.2. The van der Waals surface area contributed by atoms with Gasteiger partial charge < -0.3 is 10.1 Å². The van der Waals surface area contributed by atoms with Crippen LogP contribution in [0.3, 0.4) is 0 Å². The topological polar surface area (TPSA) is 58.6 Å². The summed E-state index contributed by atoms with van der Waals surface area (Å²) in [5, 5.41) is 2.74. The van der Waals surface area contributed by atoms with E-state index in [9.17, 15) is 9.59 Å². The van der Waals surface area contributed by atoms with Crippen molar-refractivity contribution in [1.29, 1.82) is 0 Å². The average molecular weight is 343 g/mol. The smallest absolute Gasteiger partial charge is 0.338 e. The summed E-state index contributed by atoms with van der Waals surface area (Å²) in [6.45, 7) is 3.20. The van der Waals surface area contributed by atoms with E-state index in [0.29, 0.717) is 25.1 Å². The third-order valence-electron chi connectivity index (χ3n) is 4.04. The molecular formula is C15H16Cl2N2O3. The highest BCUT2D eigenvalue weighted by molar-refractivity contribution is 6.50. The van der Waals surface area contributed by atoms with Crippen molar-refractivity contribution in [1.82, 2.24) is 5.32 Å². The molecule has 1 heterocycles. The van der Waals surface area contributed by atoms with Crippen molar-refractivity contribution in [2.75, 3.05) is 24.6 Å². The first-order valence-electron chi connectivity index (χ1n) is 7.10. The number of ether oxygens (including phenoxy) is 1. The second-order valence-corrected chi connectivity index (χ2v) is 7.14. The first kappa shape index (κ1) is 15.4. The van der Waals surface area contributed by atoms with Crippen LogP contribution in [0.15, 0.2) is 18.2 Å². The SMILES string of the molecule is Cc1c(C(=O)OC[C@H]2CC2(Cl)Cl)cccc1N1CCNC1=O. The van der Waals surface area contributed by atoms with Gasteiger partial charge in [0, 0.05) is 24.7 Å². The lowest BCUT2D eigenvalue weighted by Gasteiger charge is -2.18. The Bertz CT molecular complexity index is 633. The van der Waals surface area contributed by atoms with Crippen molar-refractivity contribution >= 4 is 40.9 Å². The number of hydrogen-bond donors (Lipinski definition) is 1. The molecule has 0 bridgehead atoms. The number of esters is 1. The van der Waals surface area contributed by atoms with Crippen LogP contribution < -0.4 is 10.2 Å². The van der Waals surface area contributed by atoms with E-state index in [0.717, 1.165) is 11.3 Å². The second kappa shape index (κ2) is 5.63. The van der Waals surface area contributed by atoms with Crippen LogP contribution in [0.4, 0.5) is 10.5 Å². The van der Waals surface area contributed by atoms with Gasteiger partial charge in [-0.3, -0.25) is 4.90 Å². The van der Waals surface area contributed by atoms with Crippen LogP contribution >= 0.6 is 23.2 Å². The molecule has 22 heavy (non-hydrogen) atoms. The Kier molecular flexibility index (Phi) is 3.95. The minimum atomic E-state index is -0.759. The molecule has 5 nitrogen and oxygen atoms in total. The van der Waals surface area contributed by atoms with Crippen LogP contribution in [-0.4, -0.2) is 36.0 Å². The summed E-state index contributed by atoms with van der Waals surface area (Å²) in [7, 11) is 0. The Hall–Kier alpha value is -1.46. The van der Waals surface area contributed by atoms with E-state index in [1.165, 1.54) is 0 Å². The number of benzene rings is 1. The third-order valence-corrected chi connectivity index (χ3v) is 4.97. The van der Waals surface area contributed by atoms with E-state index < -0.39 is 10.3 Å². The molecule has 7 heteroatoms. The standard InChI is InChI=1S/C15H16Cl2N2O3/c1-9-11(13(20)22-8-10-7-15(10,16)17)3-2-4-12(9)19-6-5-18-14(19)21/h2-4,10H,5-8H2,1H3,(H,18,21)/t10-/m1/s1. The largest absolute Gasteiger partial charge is 0.462 e. The van der Waals surface area contributed by atoms with Gasteiger partial charge in [0.05, 0.1) is 12.2 Å². The normalized spacial score (nSPS) is 22.4. The highest BCUT2D eigenvalue weighted by Gasteiger charge is 2.52. The van der Waals surface area contributed by atoms with Crippen LogP contribution in [0, 0.1) is 12.8 Å². The van der Waals surface area contributed by atoms with Gasteiger partial charge in [-0.1, -0.05) is 6.07 Å². The van der Waals surface area contributed by atoms with Crippen molar-refractivity contribution in [3.05, 3.63) is 29.3 Å². The average Bonchev–Trinajstić information content (AvgIpc) is 2.87. The maximum Gasteiger partial charge on any atom is 0.338 e. The van der Waals surface area contributed by atoms with Gasteiger partial charge in [-0.2, -0.15) is 0 Å². The highest BCUT2D eigenvalue weighted by Crippen LogP contribution is 2.53. The number of rotatable bonds is 4. The zero-order valence-electron chi connectivity index (χ0n) is 12.1. The molecule has 1 aromatic rings. The van der Waals surface area contributed by atoms with Crippen LogP contribution in [0.2, 0.25) is 0 Å². The fraction of sp³-hybridized carbons (Fsp3) is 0.467. The molecule has 1 saturated heterocycles. The molecule has 1 saturated carbocycles. The summed E-state index contributed by atoms with van der Waals surface area (Å²) in [5.74, 6) is -0.428. The molecule has 1 aliphatic heterocycles. The van der Waals surface area contributed by atoms with E-state index in [1.807, 2.05) is 13.0 Å². The number of nitrogens with zero attached hydrogens (tertiary/aromatic N) is 1. The van der Waals surface area contributed by atoms with Crippen LogP contribution in [-0.2, 0) is 4.74 Å². The number of nitrogens with one attached hydrogen (secondary N) is 1. The number of anilines is 1. The Labute approximate surface area is 138 Å². The molecule has 0 spiro atoms. The van der Waals surface area contributed by atoms with Gasteiger partial charge >= 0.3 is 12.0 Å². The summed E-state index contributed by atoms with van der Waals surface area (Å²) in [6, 6.07) is 5.10. The van der Waals surface area contributed by atoms with Gasteiger partial charge in [0.1, 0.15) is 4.33 Å². The van der Waals surface area contributed by atoms with Crippen LogP contribution in [0.5, 0.6) is 0 Å². The van der Waals surface area contributed by atoms with Crippen molar-refractivity contribution in [2.24, 2.45) is 5.92 Å². The minimum Gasteiger partial charge on any atom is -0.462 e. The molecule has 3 rings (SSSR count). The third kappa shape index (κ3) is 2.88. The number of amides is 2. The van der Waals surface area contributed by atoms with Crippen molar-refractivity contribution < 1.29 is 14.3 Å². The quantitative estimate of drug-likeness (QED) is 0.676. The van der Waals surface area contributed by atoms with Gasteiger partial charge in [-0.25, -0.2) is 9.59 Å². The predicted octanol–water partition coefficient (Wildman–Crippen LogP) is 2.88. The Morgan fingerprint density at radius 1 is 1.50 bits per heavy atom. The monoisotopic (exact) mass is 342 g/mol. The molecule has 1 N–H and O–H groups in total. The van der Waals surface area contributed by atoms with Gasteiger partial charge in [-0.05, 0) is 31.0 Å². The molecule has 0 unspecified atom stereocenters. The van der Waals surface area contributed by atoms with E-state index >= 15 is 0 Å². The van der Waals surface area contributed by atoms with Crippen molar-refractivity contribution in [2.45, 2.75) is 17.7 Å². The second-order valence-electron chi connectivity index (χ2n) is 5.59. The highest BCUT2D eigenvalue weighted by atomic mass is 35.5. The Morgan fingerprint density at radius 3 is 2.82 bits per heavy atom. The van der Waals surface area contributed by atoms with Crippen LogP contribution in [0.1, 0.15) is 22.3 Å². The number of carbonyl (C=O) groups is 2. The first-order chi connectivity index (χ1) is 10.4. The molecule has 1 aliphatic carbocycles. The number of urea groups is 1. The predicted molar refractivity (Wildman–Crippen MR) is 84.8 cm³/mol. The summed E-state index contributed by atoms with van der Waals surface area (Å²) in [4.78, 5) is 25.6. The molecule has 1 atom stereocenters. The molecule has 0 radical (unpaired) electrons. The fourth-order valence-corrected chi connectivity index (χ4v) is 3.04. The summed E-state index contributed by atoms with van der Waals surface area (Å²) in [6.07, 6.45) is 0.635. The lowest BCUT2D eigenvalue weighted by Crippen LogP contribution is -2.28. The van der Waals surface area contributed by atoms with Gasteiger partial charge in [-0.15, -0.1) is 23.2 Å². The summed E-state index contributed by atoms with van der Waals surface area (Å²) < 4.78 is 4.53. The minimum absolute atomic E-state index is 0.00682. The maximum absolute atomic E-state index is 12.2. The molecule has 118 valence electrons. The van der Waals surface area contributed by atoms with Crippen molar-refractivity contribution in [3.63, 3.8) is 0 Å².